The third kappa shape index (κ3) is 11.9. The monoisotopic (exact) mass is 1340 g/mol. The lowest BCUT2D eigenvalue weighted by atomic mass is 9.33. The number of hydrogen-bond acceptors (Lipinski definition) is 19. The number of rotatable bonds is 15. The van der Waals surface area contributed by atoms with Crippen LogP contribution in [0.25, 0.3) is 0 Å². The molecule has 95 heavy (non-hydrogen) atoms. The summed E-state index contributed by atoms with van der Waals surface area (Å²) in [6.07, 6.45) is -2.80. The van der Waals surface area contributed by atoms with E-state index in [-0.39, 0.29) is 46.3 Å². The van der Waals surface area contributed by atoms with Crippen molar-refractivity contribution in [2.24, 2.45) is 102 Å². The van der Waals surface area contributed by atoms with E-state index in [1.807, 2.05) is 6.92 Å². The number of aliphatic hydroxyl groups is 9. The van der Waals surface area contributed by atoms with Gasteiger partial charge in [-0.05, 0) is 214 Å². The van der Waals surface area contributed by atoms with E-state index in [9.17, 15) is 55.5 Å². The van der Waals surface area contributed by atoms with E-state index >= 15 is 4.79 Å². The summed E-state index contributed by atoms with van der Waals surface area (Å²) in [5.74, 6) is 3.36. The van der Waals surface area contributed by atoms with Gasteiger partial charge in [-0.25, -0.2) is 4.79 Å². The highest BCUT2D eigenvalue weighted by Crippen LogP contribution is 2.76. The molecule has 9 aliphatic carbocycles. The molecule has 0 spiro atoms. The molecular weight excluding hydrogens is 1220 g/mol. The number of carbonyl (C=O) groups excluding carboxylic acids is 3. The van der Waals surface area contributed by atoms with Crippen molar-refractivity contribution in [1.82, 2.24) is 5.32 Å². The molecule has 20 nitrogen and oxygen atoms in total. The smallest absolute Gasteiger partial charge is 0.407 e. The maximum atomic E-state index is 16.0. The van der Waals surface area contributed by atoms with Crippen molar-refractivity contribution < 1.29 is 93.5 Å². The average Bonchev–Trinajstić information content (AvgIpc) is 1.14. The number of aldehydes is 1. The first-order valence-corrected chi connectivity index (χ1v) is 37.3. The normalized spacial score (nSPS) is 52.7. The predicted octanol–water partition coefficient (Wildman–Crippen LogP) is 8.18. The molecule has 0 aromatic rings. The van der Waals surface area contributed by atoms with Crippen molar-refractivity contribution >= 4 is 18.3 Å². The number of esters is 1. The van der Waals surface area contributed by atoms with Crippen LogP contribution in [0.15, 0.2) is 11.6 Å². The highest BCUT2D eigenvalue weighted by atomic mass is 16.8. The molecule has 3 aliphatic heterocycles. The van der Waals surface area contributed by atoms with Gasteiger partial charge in [0.2, 0.25) is 6.29 Å². The fourth-order valence-electron chi connectivity index (χ4n) is 24.5. The van der Waals surface area contributed by atoms with Crippen molar-refractivity contribution in [2.45, 2.75) is 322 Å². The number of fused-ring (bicyclic) bond motifs is 12. The van der Waals surface area contributed by atoms with Crippen molar-refractivity contribution in [3.8, 4) is 0 Å². The average molecular weight is 1340 g/mol. The van der Waals surface area contributed by atoms with Crippen LogP contribution in [0.1, 0.15) is 218 Å². The lowest BCUT2D eigenvalue weighted by Crippen LogP contribution is -2.69. The zero-order valence-electron chi connectivity index (χ0n) is 59.1. The second-order valence-electron chi connectivity index (χ2n) is 35.9. The van der Waals surface area contributed by atoms with Gasteiger partial charge < -0.3 is 89.2 Å². The molecular formula is C75H121NO19. The van der Waals surface area contributed by atoms with Gasteiger partial charge in [-0.1, -0.05) is 107 Å². The fraction of sp³-hybridized carbons (Fsp3) is 0.933. The van der Waals surface area contributed by atoms with E-state index in [1.165, 1.54) is 58.3 Å². The maximum absolute atomic E-state index is 16.0. The Hall–Kier alpha value is -2.41. The van der Waals surface area contributed by atoms with Crippen molar-refractivity contribution in [1.29, 1.82) is 0 Å². The van der Waals surface area contributed by atoms with E-state index in [0.717, 1.165) is 67.6 Å². The van der Waals surface area contributed by atoms with E-state index in [2.05, 4.69) is 80.6 Å². The van der Waals surface area contributed by atoms with Gasteiger partial charge in [0.25, 0.3) is 0 Å². The summed E-state index contributed by atoms with van der Waals surface area (Å²) in [4.78, 5) is 43.4. The molecule has 11 fully saturated rings. The van der Waals surface area contributed by atoms with Gasteiger partial charge in [0.05, 0.1) is 43.0 Å². The van der Waals surface area contributed by atoms with Crippen LogP contribution < -0.4 is 5.32 Å². The molecule has 20 heteroatoms. The minimum Gasteiger partial charge on any atom is -0.446 e. The maximum Gasteiger partial charge on any atom is 0.407 e. The Morgan fingerprint density at radius 1 is 0.674 bits per heavy atom. The van der Waals surface area contributed by atoms with Crippen molar-refractivity contribution in [3.63, 3.8) is 0 Å². The lowest BCUT2D eigenvalue weighted by molar-refractivity contribution is -0.370. The van der Waals surface area contributed by atoms with Gasteiger partial charge in [-0.15, -0.1) is 0 Å². The van der Waals surface area contributed by atoms with Gasteiger partial charge in [0.15, 0.2) is 18.7 Å². The van der Waals surface area contributed by atoms with Crippen LogP contribution in [0.5, 0.6) is 0 Å². The Morgan fingerprint density at radius 2 is 1.37 bits per heavy atom. The minimum atomic E-state index is -1.95. The first kappa shape index (κ1) is 72.4. The predicted molar refractivity (Wildman–Crippen MR) is 349 cm³/mol. The van der Waals surface area contributed by atoms with Crippen LogP contribution in [-0.4, -0.2) is 182 Å². The Bertz CT molecular complexity index is 2810. The van der Waals surface area contributed by atoms with Crippen LogP contribution in [0.2, 0.25) is 0 Å². The molecule has 3 saturated heterocycles. The molecule has 540 valence electrons. The van der Waals surface area contributed by atoms with Gasteiger partial charge in [0.1, 0.15) is 66.6 Å². The molecule has 0 bridgehead atoms. The second kappa shape index (κ2) is 26.4. The third-order valence-corrected chi connectivity index (χ3v) is 30.3. The molecule has 12 aliphatic rings. The van der Waals surface area contributed by atoms with Crippen molar-refractivity contribution in [3.05, 3.63) is 11.6 Å². The molecule has 10 N–H and O–H groups in total. The topological polar surface area (TPSA) is 310 Å². The van der Waals surface area contributed by atoms with Crippen LogP contribution >= 0.6 is 0 Å². The van der Waals surface area contributed by atoms with Gasteiger partial charge in [-0.3, -0.25) is 4.79 Å². The zero-order chi connectivity index (χ0) is 68.7. The number of carbonyl (C=O) groups is 3. The zero-order valence-corrected chi connectivity index (χ0v) is 59.1. The number of hydrogen-bond donors (Lipinski definition) is 10. The van der Waals surface area contributed by atoms with E-state index in [4.69, 9.17) is 33.2 Å². The largest absolute Gasteiger partial charge is 0.446 e. The molecule has 8 saturated carbocycles. The summed E-state index contributed by atoms with van der Waals surface area (Å²) in [5.41, 5.74) is -2.41. The Kier molecular flexibility index (Phi) is 20.1. The number of alkyl carbamates (subject to hydrolysis) is 1. The summed E-state index contributed by atoms with van der Waals surface area (Å²) in [6.45, 7) is 25.7. The number of amides is 1. The van der Waals surface area contributed by atoms with Crippen LogP contribution in [0.3, 0.4) is 0 Å². The molecule has 33 atom stereocenters. The van der Waals surface area contributed by atoms with E-state index < -0.39 is 152 Å². The van der Waals surface area contributed by atoms with Gasteiger partial charge in [0, 0.05) is 0 Å². The van der Waals surface area contributed by atoms with Crippen LogP contribution in [0.4, 0.5) is 4.79 Å². The standard InChI is InChI=1S/C75H121NO19/c1-38(2)14-13-15-39(3)44-18-19-45-43-17-16-41-32-42(22-26-69(41,7)46(43)23-27-70(44,45)8)91-67(88)76-55-50(35-77)92-65(62(57(55)83)94-64-60(86)58(84)61(40(4)90-64)93-63-59(85)56(82)49(79)36-89-63)95-66(87)75-31-30-68(5,6)33-48(75)47-20-21-52-71(9)28-25-53(80)72(10,37-78)51(71)24-29-73(52,11)74(47,12)34-54(75)81/h20,37-46,48-65,77,79-86H,13-19,21-36H2,1-12H3,(H,76,88)/t39-,40?,41+,42+,43-,44?,45+,46?,48?,49-,50?,51-,52?,53+,54-,55+,56?,57?,58?,59?,60?,61+,62?,63+,64+,65+,69?,70?,71?,72-,73+,74-,75-/m1/s1. The summed E-state index contributed by atoms with van der Waals surface area (Å²) in [7, 11) is 0. The summed E-state index contributed by atoms with van der Waals surface area (Å²) >= 11 is 0. The number of allylic oxidation sites excluding steroid dienone is 2. The Balaban J connectivity index is 0.782. The lowest BCUT2D eigenvalue weighted by Gasteiger charge is -2.71. The Morgan fingerprint density at radius 3 is 2.08 bits per heavy atom. The fourth-order valence-corrected chi connectivity index (χ4v) is 24.5. The molecule has 0 aromatic heterocycles. The molecule has 15 unspecified atom stereocenters. The number of nitrogens with one attached hydrogen (secondary N) is 1. The molecule has 0 radical (unpaired) electrons. The number of ether oxygens (including phenoxy) is 7. The number of aliphatic hydroxyl groups excluding tert-OH is 9. The highest BCUT2D eigenvalue weighted by Gasteiger charge is 2.73. The molecule has 1 amide bonds. The van der Waals surface area contributed by atoms with Crippen molar-refractivity contribution in [2.75, 3.05) is 13.2 Å². The van der Waals surface area contributed by atoms with Crippen LogP contribution in [-0.2, 0) is 42.7 Å². The third-order valence-electron chi connectivity index (χ3n) is 30.3. The summed E-state index contributed by atoms with van der Waals surface area (Å²) in [6, 6.07) is -1.45. The van der Waals surface area contributed by atoms with E-state index in [1.54, 1.807) is 0 Å². The van der Waals surface area contributed by atoms with E-state index in [0.29, 0.717) is 61.7 Å². The highest BCUT2D eigenvalue weighted by molar-refractivity contribution is 5.80. The first-order chi connectivity index (χ1) is 44.7. The SMILES string of the molecule is CC(C)CCC[C@@H](C)C1CC[C@H]2[C@H]3CC[C@H]4C[C@@H](OC(=O)N[C@H]5C(CO)O[C@@H](OC(=O)[C@]67CCC(C)(C)CC6C6=CCC8C9(C)CC[C@H](O)[C@](C)(C=O)[C@@H]9CC[C@]8(C)[C@]6(C)C[C@H]7O)C(O[C@@H]6OC(C)[C@H](O[C@@H]7OC[C@@H](O)C(O)C7O)C(O)C6O)C5O)CCC4(C)C3CCC12C. The first-order valence-electron chi connectivity index (χ1n) is 37.3. The molecule has 0 aromatic carbocycles. The minimum absolute atomic E-state index is 0.0452. The van der Waals surface area contributed by atoms with Gasteiger partial charge >= 0.3 is 12.1 Å². The second-order valence-corrected chi connectivity index (χ2v) is 35.9. The van der Waals surface area contributed by atoms with Crippen LogP contribution in [0, 0.1) is 102 Å². The quantitative estimate of drug-likeness (QED) is 0.0420. The summed E-state index contributed by atoms with van der Waals surface area (Å²) in [5, 5.41) is 106. The van der Waals surface area contributed by atoms with Gasteiger partial charge in [-0.2, -0.15) is 0 Å². The molecule has 12 rings (SSSR count). The summed E-state index contributed by atoms with van der Waals surface area (Å²) < 4.78 is 43.5. The molecule has 3 heterocycles. The Labute approximate surface area is 564 Å².